The van der Waals surface area contributed by atoms with Gasteiger partial charge >= 0.3 is 0 Å². The Morgan fingerprint density at radius 2 is 2.00 bits per heavy atom. The lowest BCUT2D eigenvalue weighted by atomic mass is 9.95. The first-order valence-electron chi connectivity index (χ1n) is 9.26. The summed E-state index contributed by atoms with van der Waals surface area (Å²) >= 11 is 1.60. The predicted molar refractivity (Wildman–Crippen MR) is 99.8 cm³/mol. The smallest absolute Gasteiger partial charge is 0.274 e. The van der Waals surface area contributed by atoms with Crippen molar-refractivity contribution in [1.82, 2.24) is 10.3 Å². The highest BCUT2D eigenvalue weighted by Gasteiger charge is 2.25. The van der Waals surface area contributed by atoms with Gasteiger partial charge in [0, 0.05) is 6.04 Å². The predicted octanol–water partition coefficient (Wildman–Crippen LogP) is 3.76. The largest absolute Gasteiger partial charge is 0.497 e. The monoisotopic (exact) mass is 362 g/mol. The lowest BCUT2D eigenvalue weighted by Crippen LogP contribution is -2.33. The molecule has 1 N–H and O–H groups in total. The molecule has 1 atom stereocenters. The Kier molecular flexibility index (Phi) is 5.39. The fourth-order valence-electron chi connectivity index (χ4n) is 3.67. The molecule has 1 aliphatic carbocycles. The van der Waals surface area contributed by atoms with Crippen molar-refractivity contribution in [1.29, 1.82) is 0 Å². The molecule has 0 amide bonds. The molecule has 1 aliphatic heterocycles. The van der Waals surface area contributed by atoms with Crippen molar-refractivity contribution in [3.63, 3.8) is 0 Å². The number of benzene rings is 1. The second-order valence-electron chi connectivity index (χ2n) is 6.96. The number of methoxy groups -OCH3 is 1. The maximum absolute atomic E-state index is 6.14. The number of hydrogen-bond acceptors (Lipinski definition) is 6. The van der Waals surface area contributed by atoms with Gasteiger partial charge in [-0.1, -0.05) is 11.3 Å². The van der Waals surface area contributed by atoms with E-state index < -0.39 is 0 Å². The molecule has 2 aromatic rings. The molecular weight excluding hydrogens is 336 g/mol. The maximum Gasteiger partial charge on any atom is 0.274 e. The molecule has 1 aromatic carbocycles. The van der Waals surface area contributed by atoms with E-state index in [0.29, 0.717) is 12.1 Å². The van der Waals surface area contributed by atoms with Gasteiger partial charge in [0.1, 0.15) is 11.9 Å². The molecule has 4 rings (SSSR count). The summed E-state index contributed by atoms with van der Waals surface area (Å²) in [7, 11) is 1.68. The molecule has 0 bridgehead atoms. The van der Waals surface area contributed by atoms with E-state index in [1.165, 1.54) is 12.8 Å². The number of aromatic nitrogens is 1. The lowest BCUT2D eigenvalue weighted by Gasteiger charge is -2.29. The first-order valence-corrected chi connectivity index (χ1v) is 10.1. The molecule has 6 heteroatoms. The van der Waals surface area contributed by atoms with Crippen LogP contribution in [0.15, 0.2) is 18.2 Å². The van der Waals surface area contributed by atoms with Crippen molar-refractivity contribution in [2.75, 3.05) is 20.3 Å². The summed E-state index contributed by atoms with van der Waals surface area (Å²) in [6.45, 7) is 2.00. The Bertz CT molecular complexity index is 691. The molecule has 0 unspecified atom stereocenters. The van der Waals surface area contributed by atoms with E-state index in [-0.39, 0.29) is 6.10 Å². The fraction of sp³-hybridized carbons (Fsp3) is 0.632. The topological polar surface area (TPSA) is 52.6 Å². The zero-order valence-electron chi connectivity index (χ0n) is 14.7. The standard InChI is InChI=1S/C19H26N2O3S/c1-22-16-8-9-17-18(11-16)25-19(21-17)24-15-6-4-14(5-7-15)23-12-13-3-2-10-20-13/h8-9,11,13-15,20H,2-7,10,12H2,1H3/t13-,14?,15?/m1/s1. The molecular formula is C19H26N2O3S. The highest BCUT2D eigenvalue weighted by atomic mass is 32.1. The van der Waals surface area contributed by atoms with Crippen LogP contribution in [0.3, 0.4) is 0 Å². The lowest BCUT2D eigenvalue weighted by molar-refractivity contribution is -0.00465. The van der Waals surface area contributed by atoms with Crippen molar-refractivity contribution in [3.8, 4) is 10.9 Å². The SMILES string of the molecule is COc1ccc2nc(OC3CCC(OC[C@H]4CCCN4)CC3)sc2c1. The summed E-state index contributed by atoms with van der Waals surface area (Å²) < 4.78 is 18.6. The second-order valence-corrected chi connectivity index (χ2v) is 7.95. The fourth-order valence-corrected chi connectivity index (χ4v) is 4.58. The summed E-state index contributed by atoms with van der Waals surface area (Å²) in [5.74, 6) is 0.858. The molecule has 5 nitrogen and oxygen atoms in total. The van der Waals surface area contributed by atoms with Crippen molar-refractivity contribution in [2.24, 2.45) is 0 Å². The molecule has 25 heavy (non-hydrogen) atoms. The van der Waals surface area contributed by atoms with Crippen LogP contribution in [-0.2, 0) is 4.74 Å². The van der Waals surface area contributed by atoms with Crippen LogP contribution in [0, 0.1) is 0 Å². The van der Waals surface area contributed by atoms with E-state index in [1.54, 1.807) is 18.4 Å². The zero-order chi connectivity index (χ0) is 17.1. The summed E-state index contributed by atoms with van der Waals surface area (Å²) in [5, 5.41) is 4.26. The van der Waals surface area contributed by atoms with E-state index >= 15 is 0 Å². The normalized spacial score (nSPS) is 26.8. The third-order valence-corrected chi connectivity index (χ3v) is 6.07. The van der Waals surface area contributed by atoms with Gasteiger partial charge in [-0.05, 0) is 63.3 Å². The number of rotatable bonds is 6. The van der Waals surface area contributed by atoms with Crippen LogP contribution in [0.2, 0.25) is 0 Å². The Morgan fingerprint density at radius 3 is 2.76 bits per heavy atom. The minimum atomic E-state index is 0.256. The van der Waals surface area contributed by atoms with Gasteiger partial charge in [0.2, 0.25) is 0 Å². The number of nitrogens with one attached hydrogen (secondary N) is 1. The van der Waals surface area contributed by atoms with Gasteiger partial charge in [-0.15, -0.1) is 0 Å². The Balaban J connectivity index is 1.26. The summed E-state index contributed by atoms with van der Waals surface area (Å²) in [5.41, 5.74) is 0.974. The number of thiazole rings is 1. The van der Waals surface area contributed by atoms with E-state index in [9.17, 15) is 0 Å². The number of ether oxygens (including phenoxy) is 3. The van der Waals surface area contributed by atoms with Gasteiger partial charge in [-0.2, -0.15) is 0 Å². The minimum Gasteiger partial charge on any atom is -0.497 e. The van der Waals surface area contributed by atoms with Crippen molar-refractivity contribution in [2.45, 2.75) is 56.8 Å². The van der Waals surface area contributed by atoms with Crippen LogP contribution in [-0.4, -0.2) is 43.5 Å². The van der Waals surface area contributed by atoms with Gasteiger partial charge in [-0.25, -0.2) is 4.98 Å². The number of hydrogen-bond donors (Lipinski definition) is 1. The quantitative estimate of drug-likeness (QED) is 0.848. The van der Waals surface area contributed by atoms with Gasteiger partial charge in [-0.3, -0.25) is 0 Å². The minimum absolute atomic E-state index is 0.256. The molecule has 1 saturated carbocycles. The highest BCUT2D eigenvalue weighted by Crippen LogP contribution is 2.33. The van der Waals surface area contributed by atoms with Crippen LogP contribution in [0.4, 0.5) is 0 Å². The van der Waals surface area contributed by atoms with Gasteiger partial charge in [0.25, 0.3) is 5.19 Å². The maximum atomic E-state index is 6.14. The number of nitrogens with zero attached hydrogens (tertiary/aromatic N) is 1. The zero-order valence-corrected chi connectivity index (χ0v) is 15.5. The summed E-state index contributed by atoms with van der Waals surface area (Å²) in [4.78, 5) is 4.59. The van der Waals surface area contributed by atoms with Crippen LogP contribution >= 0.6 is 11.3 Å². The van der Waals surface area contributed by atoms with Crippen LogP contribution in [0.25, 0.3) is 10.2 Å². The van der Waals surface area contributed by atoms with E-state index in [1.807, 2.05) is 18.2 Å². The van der Waals surface area contributed by atoms with E-state index in [4.69, 9.17) is 14.2 Å². The average Bonchev–Trinajstić information content (AvgIpc) is 3.29. The third-order valence-electron chi connectivity index (χ3n) is 5.16. The molecule has 0 spiro atoms. The van der Waals surface area contributed by atoms with Crippen LogP contribution in [0.5, 0.6) is 10.9 Å². The Labute approximate surface area is 152 Å². The molecule has 1 aromatic heterocycles. The Hall–Kier alpha value is -1.37. The number of fused-ring (bicyclic) bond motifs is 1. The van der Waals surface area contributed by atoms with E-state index in [2.05, 4.69) is 10.3 Å². The van der Waals surface area contributed by atoms with Gasteiger partial charge < -0.3 is 19.5 Å². The molecule has 2 fully saturated rings. The van der Waals surface area contributed by atoms with Crippen LogP contribution in [0.1, 0.15) is 38.5 Å². The molecule has 0 radical (unpaired) electrons. The van der Waals surface area contributed by atoms with Crippen molar-refractivity contribution in [3.05, 3.63) is 18.2 Å². The first-order chi connectivity index (χ1) is 12.3. The van der Waals surface area contributed by atoms with Gasteiger partial charge in [0.15, 0.2) is 0 Å². The van der Waals surface area contributed by atoms with Gasteiger partial charge in [0.05, 0.1) is 30.0 Å². The summed E-state index contributed by atoms with van der Waals surface area (Å²) in [6, 6.07) is 6.50. The average molecular weight is 362 g/mol. The van der Waals surface area contributed by atoms with Crippen molar-refractivity contribution >= 4 is 21.6 Å². The summed E-state index contributed by atoms with van der Waals surface area (Å²) in [6.07, 6.45) is 7.42. The molecule has 136 valence electrons. The third kappa shape index (κ3) is 4.25. The highest BCUT2D eigenvalue weighted by molar-refractivity contribution is 7.20. The Morgan fingerprint density at radius 1 is 1.16 bits per heavy atom. The molecule has 1 saturated heterocycles. The molecule has 2 aliphatic rings. The second kappa shape index (κ2) is 7.89. The molecule has 2 heterocycles. The van der Waals surface area contributed by atoms with Crippen LogP contribution < -0.4 is 14.8 Å². The first kappa shape index (κ1) is 17.1. The van der Waals surface area contributed by atoms with E-state index in [0.717, 1.165) is 60.0 Å². The van der Waals surface area contributed by atoms with Crippen molar-refractivity contribution < 1.29 is 14.2 Å².